The van der Waals surface area contributed by atoms with Crippen LogP contribution >= 0.6 is 11.6 Å². The Hall–Kier alpha value is -3.07. The number of nitro groups is 1. The van der Waals surface area contributed by atoms with Crippen LogP contribution in [0.2, 0.25) is 5.02 Å². The monoisotopic (exact) mass is 434 g/mol. The standard InChI is InChI=1S/C20H23ClN4O5/c1-20(2,3)19(27)24-10-8-23(9-11-24)15-5-4-13(12-14(15)21)22-18(26)16-6-7-17(30-16)25(28)29/h4-7,12H,8-11H2,1-3H3,(H,22,26). The number of benzene rings is 1. The Morgan fingerprint density at radius 1 is 1.13 bits per heavy atom. The first kappa shape index (κ1) is 21.6. The van der Waals surface area contributed by atoms with Crippen molar-refractivity contribution in [3.8, 4) is 0 Å². The number of hydrogen-bond acceptors (Lipinski definition) is 6. The molecule has 0 atom stereocenters. The number of nitrogens with zero attached hydrogens (tertiary/aromatic N) is 3. The maximum absolute atomic E-state index is 12.4. The lowest BCUT2D eigenvalue weighted by Crippen LogP contribution is -2.51. The molecule has 1 aromatic carbocycles. The third kappa shape index (κ3) is 4.73. The molecule has 2 amide bonds. The lowest BCUT2D eigenvalue weighted by atomic mass is 9.94. The second kappa shape index (κ2) is 8.35. The van der Waals surface area contributed by atoms with Gasteiger partial charge in [0.1, 0.15) is 4.92 Å². The number of carbonyl (C=O) groups is 2. The molecule has 1 aromatic heterocycles. The molecule has 1 saturated heterocycles. The van der Waals surface area contributed by atoms with Crippen molar-refractivity contribution in [2.45, 2.75) is 20.8 Å². The Bertz CT molecular complexity index is 974. The molecule has 2 aromatic rings. The highest BCUT2D eigenvalue weighted by atomic mass is 35.5. The van der Waals surface area contributed by atoms with E-state index in [1.54, 1.807) is 18.2 Å². The topological polar surface area (TPSA) is 109 Å². The summed E-state index contributed by atoms with van der Waals surface area (Å²) in [6, 6.07) is 7.46. The first-order valence-corrected chi connectivity index (χ1v) is 9.83. The van der Waals surface area contributed by atoms with Gasteiger partial charge in [-0.25, -0.2) is 0 Å². The van der Waals surface area contributed by atoms with Crippen molar-refractivity contribution < 1.29 is 18.9 Å². The summed E-state index contributed by atoms with van der Waals surface area (Å²) in [5, 5.41) is 13.7. The van der Waals surface area contributed by atoms with Gasteiger partial charge in [-0.15, -0.1) is 0 Å². The average molecular weight is 435 g/mol. The SMILES string of the molecule is CC(C)(C)C(=O)N1CCN(c2ccc(NC(=O)c3ccc([N+](=O)[O-])o3)cc2Cl)CC1. The molecule has 1 N–H and O–H groups in total. The van der Waals surface area contributed by atoms with Gasteiger partial charge in [-0.2, -0.15) is 0 Å². The van der Waals surface area contributed by atoms with E-state index < -0.39 is 22.1 Å². The highest BCUT2D eigenvalue weighted by Crippen LogP contribution is 2.30. The fraction of sp³-hybridized carbons (Fsp3) is 0.400. The Balaban J connectivity index is 1.63. The molecule has 0 radical (unpaired) electrons. The van der Waals surface area contributed by atoms with Crippen LogP contribution in [-0.2, 0) is 4.79 Å². The second-order valence-corrected chi connectivity index (χ2v) is 8.45. The molecule has 9 nitrogen and oxygen atoms in total. The molecule has 3 rings (SSSR count). The first-order valence-electron chi connectivity index (χ1n) is 9.46. The van der Waals surface area contributed by atoms with Gasteiger partial charge in [-0.1, -0.05) is 32.4 Å². The van der Waals surface area contributed by atoms with E-state index in [-0.39, 0.29) is 11.7 Å². The first-order chi connectivity index (χ1) is 14.1. The van der Waals surface area contributed by atoms with Gasteiger partial charge < -0.3 is 19.5 Å². The van der Waals surface area contributed by atoms with Gasteiger partial charge in [0.15, 0.2) is 5.76 Å². The molecule has 1 aliphatic rings. The van der Waals surface area contributed by atoms with Gasteiger partial charge >= 0.3 is 5.88 Å². The van der Waals surface area contributed by atoms with E-state index in [0.29, 0.717) is 36.9 Å². The number of carbonyl (C=O) groups excluding carboxylic acids is 2. The molecule has 10 heteroatoms. The highest BCUT2D eigenvalue weighted by Gasteiger charge is 2.30. The fourth-order valence-electron chi connectivity index (χ4n) is 3.21. The van der Waals surface area contributed by atoms with Crippen LogP contribution < -0.4 is 10.2 Å². The molecular formula is C20H23ClN4O5. The predicted molar refractivity (Wildman–Crippen MR) is 113 cm³/mol. The van der Waals surface area contributed by atoms with E-state index in [1.807, 2.05) is 25.7 Å². The molecule has 0 saturated carbocycles. The summed E-state index contributed by atoms with van der Waals surface area (Å²) in [4.78, 5) is 38.6. The zero-order valence-electron chi connectivity index (χ0n) is 17.0. The van der Waals surface area contributed by atoms with Crippen LogP contribution in [0.5, 0.6) is 0 Å². The summed E-state index contributed by atoms with van der Waals surface area (Å²) in [7, 11) is 0. The summed E-state index contributed by atoms with van der Waals surface area (Å²) < 4.78 is 4.90. The van der Waals surface area contributed by atoms with Crippen molar-refractivity contribution in [3.05, 3.63) is 51.2 Å². The molecule has 0 bridgehead atoms. The number of hydrogen-bond donors (Lipinski definition) is 1. The number of nitrogens with one attached hydrogen (secondary N) is 1. The van der Waals surface area contributed by atoms with Gasteiger partial charge in [0, 0.05) is 37.3 Å². The van der Waals surface area contributed by atoms with Crippen molar-refractivity contribution >= 4 is 40.7 Å². The van der Waals surface area contributed by atoms with Crippen molar-refractivity contribution in [2.75, 3.05) is 36.4 Å². The molecule has 1 aliphatic heterocycles. The molecule has 2 heterocycles. The van der Waals surface area contributed by atoms with E-state index in [1.165, 1.54) is 6.07 Å². The summed E-state index contributed by atoms with van der Waals surface area (Å²) in [5.41, 5.74) is 0.842. The summed E-state index contributed by atoms with van der Waals surface area (Å²) in [6.45, 7) is 8.27. The van der Waals surface area contributed by atoms with Crippen LogP contribution in [0, 0.1) is 15.5 Å². The molecule has 30 heavy (non-hydrogen) atoms. The highest BCUT2D eigenvalue weighted by molar-refractivity contribution is 6.33. The molecule has 160 valence electrons. The largest absolute Gasteiger partial charge is 0.433 e. The van der Waals surface area contributed by atoms with E-state index in [2.05, 4.69) is 10.2 Å². The summed E-state index contributed by atoms with van der Waals surface area (Å²) in [6.07, 6.45) is 0. The third-order valence-corrected chi connectivity index (χ3v) is 5.05. The Morgan fingerprint density at radius 2 is 1.80 bits per heavy atom. The van der Waals surface area contributed by atoms with Crippen LogP contribution in [0.15, 0.2) is 34.7 Å². The minimum absolute atomic E-state index is 0.129. The number of furan rings is 1. The fourth-order valence-corrected chi connectivity index (χ4v) is 3.51. The number of anilines is 2. The predicted octanol–water partition coefficient (Wildman–Crippen LogP) is 3.79. The zero-order valence-corrected chi connectivity index (χ0v) is 17.7. The van der Waals surface area contributed by atoms with Crippen LogP contribution in [0.25, 0.3) is 0 Å². The number of amides is 2. The van der Waals surface area contributed by atoms with Crippen molar-refractivity contribution in [2.24, 2.45) is 5.41 Å². The maximum atomic E-state index is 12.4. The molecule has 1 fully saturated rings. The minimum atomic E-state index is -0.711. The second-order valence-electron chi connectivity index (χ2n) is 8.04. The quantitative estimate of drug-likeness (QED) is 0.579. The van der Waals surface area contributed by atoms with Crippen LogP contribution in [-0.4, -0.2) is 47.8 Å². The zero-order chi connectivity index (χ0) is 22.1. The van der Waals surface area contributed by atoms with Crippen LogP contribution in [0.4, 0.5) is 17.3 Å². The Morgan fingerprint density at radius 3 is 2.33 bits per heavy atom. The molecule has 0 spiro atoms. The molecular weight excluding hydrogens is 412 g/mol. The van der Waals surface area contributed by atoms with Crippen LogP contribution in [0.1, 0.15) is 31.3 Å². The lowest BCUT2D eigenvalue weighted by molar-refractivity contribution is -0.402. The Labute approximate surface area is 178 Å². The normalized spacial score (nSPS) is 14.5. The van der Waals surface area contributed by atoms with Crippen molar-refractivity contribution in [1.29, 1.82) is 0 Å². The van der Waals surface area contributed by atoms with E-state index in [9.17, 15) is 19.7 Å². The van der Waals surface area contributed by atoms with Gasteiger partial charge in [0.25, 0.3) is 5.91 Å². The summed E-state index contributed by atoms with van der Waals surface area (Å²) >= 11 is 6.42. The maximum Gasteiger partial charge on any atom is 0.433 e. The van der Waals surface area contributed by atoms with E-state index in [0.717, 1.165) is 11.8 Å². The van der Waals surface area contributed by atoms with E-state index in [4.69, 9.17) is 16.0 Å². The lowest BCUT2D eigenvalue weighted by Gasteiger charge is -2.39. The minimum Gasteiger partial charge on any atom is -0.395 e. The van der Waals surface area contributed by atoms with Gasteiger partial charge in [-0.05, 0) is 24.3 Å². The number of halogens is 1. The molecule has 0 aliphatic carbocycles. The Kier molecular flexibility index (Phi) is 6.02. The van der Waals surface area contributed by atoms with Gasteiger partial charge in [-0.3, -0.25) is 19.7 Å². The van der Waals surface area contributed by atoms with Crippen molar-refractivity contribution in [3.63, 3.8) is 0 Å². The smallest absolute Gasteiger partial charge is 0.395 e. The summed E-state index contributed by atoms with van der Waals surface area (Å²) in [5.74, 6) is -1.15. The van der Waals surface area contributed by atoms with Crippen molar-refractivity contribution in [1.82, 2.24) is 4.90 Å². The third-order valence-electron chi connectivity index (χ3n) is 4.75. The van der Waals surface area contributed by atoms with Crippen LogP contribution in [0.3, 0.4) is 0 Å². The van der Waals surface area contributed by atoms with Gasteiger partial charge in [0.2, 0.25) is 5.91 Å². The molecule has 0 unspecified atom stereocenters. The van der Waals surface area contributed by atoms with E-state index >= 15 is 0 Å². The number of piperazine rings is 1. The average Bonchev–Trinajstić information content (AvgIpc) is 3.18. The number of rotatable bonds is 4. The van der Waals surface area contributed by atoms with Gasteiger partial charge in [0.05, 0.1) is 16.8 Å².